The summed E-state index contributed by atoms with van der Waals surface area (Å²) in [6, 6.07) is 11.5. The Balaban J connectivity index is 1.62. The first-order chi connectivity index (χ1) is 16.0. The van der Waals surface area contributed by atoms with Crippen LogP contribution < -0.4 is 10.6 Å². The molecule has 0 heterocycles. The molecule has 2 rings (SSSR count). The minimum absolute atomic E-state index is 0.240. The molecule has 0 aliphatic rings. The molecule has 0 unspecified atom stereocenters. The van der Waals surface area contributed by atoms with Crippen molar-refractivity contribution in [3.05, 3.63) is 36.4 Å². The highest BCUT2D eigenvalue weighted by Gasteiger charge is 2.18. The highest BCUT2D eigenvalue weighted by atomic mass is 32.2. The van der Waals surface area contributed by atoms with Gasteiger partial charge < -0.3 is 10.6 Å². The van der Waals surface area contributed by atoms with Gasteiger partial charge in [-0.2, -0.15) is 0 Å². The number of unbranched alkanes of at least 4 members (excludes halogenated alkanes) is 13. The van der Waals surface area contributed by atoms with Gasteiger partial charge >= 0.3 is 0 Å². The summed E-state index contributed by atoms with van der Waals surface area (Å²) in [5.74, 6) is 0.240. The van der Waals surface area contributed by atoms with Crippen LogP contribution in [0.1, 0.15) is 89.9 Å². The lowest BCUT2D eigenvalue weighted by Gasteiger charge is -2.17. The Labute approximate surface area is 202 Å². The summed E-state index contributed by atoms with van der Waals surface area (Å²) in [5.41, 5.74) is 6.57. The van der Waals surface area contributed by atoms with Gasteiger partial charge in [0.25, 0.3) is 0 Å². The average Bonchev–Trinajstić information content (AvgIpc) is 2.80. The van der Waals surface area contributed by atoms with Gasteiger partial charge in [-0.25, -0.2) is 8.42 Å². The van der Waals surface area contributed by atoms with Crippen LogP contribution in [0.4, 0.5) is 5.69 Å². The lowest BCUT2D eigenvalue weighted by molar-refractivity contribution is 0.535. The Morgan fingerprint density at radius 2 is 1.09 bits per heavy atom. The fraction of sp³-hybridized carbons (Fsp3) is 0.643. The third-order valence-corrected chi connectivity index (χ3v) is 8.40. The van der Waals surface area contributed by atoms with Gasteiger partial charge in [-0.1, -0.05) is 101 Å². The first-order valence-electron chi connectivity index (χ1n) is 13.1. The van der Waals surface area contributed by atoms with E-state index in [0.29, 0.717) is 4.90 Å². The van der Waals surface area contributed by atoms with Crippen LogP contribution in [0.3, 0.4) is 0 Å². The molecule has 0 aliphatic heterocycles. The molecule has 0 bridgehead atoms. The van der Waals surface area contributed by atoms with Gasteiger partial charge in [-0.3, -0.25) is 0 Å². The first kappa shape index (κ1) is 27.7. The number of anilines is 1. The Kier molecular flexibility index (Phi) is 12.9. The molecule has 0 saturated heterocycles. The molecule has 0 atom stereocenters. The van der Waals surface area contributed by atoms with Crippen molar-refractivity contribution in [3.8, 4) is 0 Å². The molecule has 2 aromatic rings. The normalized spacial score (nSPS) is 11.8. The number of nitrogens with two attached hydrogens (primary N) is 1. The summed E-state index contributed by atoms with van der Waals surface area (Å²) in [6.45, 7) is 0.831. The molecule has 0 aliphatic carbocycles. The second kappa shape index (κ2) is 15.3. The number of hydrogen-bond acceptors (Lipinski definition) is 4. The van der Waals surface area contributed by atoms with Crippen molar-refractivity contribution in [2.45, 2.75) is 94.8 Å². The standard InChI is InChI=1S/C28H46N2O2S/c1-30(2)27-21-17-20-26-25(27)19-18-22-28(26)33(31,32)24-16-14-12-10-8-6-4-3-5-7-9-11-13-15-23-29/h17-22H,3-16,23-24,29H2,1-2H3. The molecule has 0 aromatic heterocycles. The van der Waals surface area contributed by atoms with E-state index in [0.717, 1.165) is 42.3 Å². The van der Waals surface area contributed by atoms with E-state index < -0.39 is 9.84 Å². The number of nitrogens with zero attached hydrogens (tertiary/aromatic N) is 1. The lowest BCUT2D eigenvalue weighted by Crippen LogP contribution is -2.10. The first-order valence-corrected chi connectivity index (χ1v) is 14.7. The molecule has 0 fully saturated rings. The van der Waals surface area contributed by atoms with Gasteiger partial charge in [0.1, 0.15) is 0 Å². The highest BCUT2D eigenvalue weighted by Crippen LogP contribution is 2.31. The van der Waals surface area contributed by atoms with E-state index >= 15 is 0 Å². The van der Waals surface area contributed by atoms with Crippen molar-refractivity contribution in [1.29, 1.82) is 0 Å². The van der Waals surface area contributed by atoms with Crippen molar-refractivity contribution in [3.63, 3.8) is 0 Å². The van der Waals surface area contributed by atoms with Crippen molar-refractivity contribution in [2.75, 3.05) is 31.3 Å². The van der Waals surface area contributed by atoms with Crippen LogP contribution in [0.5, 0.6) is 0 Å². The fourth-order valence-corrected chi connectivity index (χ4v) is 6.20. The second-order valence-corrected chi connectivity index (χ2v) is 11.7. The smallest absolute Gasteiger partial charge is 0.178 e. The van der Waals surface area contributed by atoms with Crippen LogP contribution in [0.25, 0.3) is 10.8 Å². The van der Waals surface area contributed by atoms with Crippen LogP contribution in [-0.4, -0.2) is 34.8 Å². The molecule has 4 nitrogen and oxygen atoms in total. The quantitative estimate of drug-likeness (QED) is 0.234. The van der Waals surface area contributed by atoms with Crippen molar-refractivity contribution >= 4 is 26.3 Å². The zero-order valence-electron chi connectivity index (χ0n) is 21.0. The molecule has 0 saturated carbocycles. The van der Waals surface area contributed by atoms with E-state index in [2.05, 4.69) is 0 Å². The van der Waals surface area contributed by atoms with Crippen LogP contribution in [0.15, 0.2) is 41.3 Å². The van der Waals surface area contributed by atoms with E-state index in [1.54, 1.807) is 6.07 Å². The number of sulfone groups is 1. The van der Waals surface area contributed by atoms with E-state index in [1.165, 1.54) is 70.6 Å². The topological polar surface area (TPSA) is 63.4 Å². The van der Waals surface area contributed by atoms with Crippen molar-refractivity contribution < 1.29 is 8.42 Å². The monoisotopic (exact) mass is 474 g/mol. The predicted molar refractivity (Wildman–Crippen MR) is 144 cm³/mol. The average molecular weight is 475 g/mol. The second-order valence-electron chi connectivity index (χ2n) is 9.58. The Hall–Kier alpha value is -1.59. The van der Waals surface area contributed by atoms with Crippen LogP contribution >= 0.6 is 0 Å². The maximum Gasteiger partial charge on any atom is 0.178 e. The zero-order chi connectivity index (χ0) is 23.9. The minimum atomic E-state index is -3.27. The molecule has 0 amide bonds. The minimum Gasteiger partial charge on any atom is -0.377 e. The summed E-state index contributed by atoms with van der Waals surface area (Å²) >= 11 is 0. The van der Waals surface area contributed by atoms with Gasteiger partial charge in [0.15, 0.2) is 9.84 Å². The molecule has 0 radical (unpaired) electrons. The fourth-order valence-electron chi connectivity index (χ4n) is 4.59. The van der Waals surface area contributed by atoms with Crippen LogP contribution in [0.2, 0.25) is 0 Å². The largest absolute Gasteiger partial charge is 0.377 e. The summed E-state index contributed by atoms with van der Waals surface area (Å²) in [6.07, 6.45) is 17.3. The molecule has 33 heavy (non-hydrogen) atoms. The zero-order valence-corrected chi connectivity index (χ0v) is 21.8. The van der Waals surface area contributed by atoms with Crippen LogP contribution in [-0.2, 0) is 9.84 Å². The number of rotatable bonds is 18. The Bertz CT molecular complexity index is 909. The summed E-state index contributed by atoms with van der Waals surface area (Å²) < 4.78 is 26.1. The SMILES string of the molecule is CN(C)c1cccc2c(S(=O)(=O)CCCCCCCCCCCCCCCCN)cccc12. The Morgan fingerprint density at radius 1 is 0.636 bits per heavy atom. The third kappa shape index (κ3) is 9.66. The van der Waals surface area contributed by atoms with Gasteiger partial charge in [-0.15, -0.1) is 0 Å². The third-order valence-electron chi connectivity index (χ3n) is 6.54. The number of hydrogen-bond donors (Lipinski definition) is 1. The van der Waals surface area contributed by atoms with E-state index in [-0.39, 0.29) is 5.75 Å². The van der Waals surface area contributed by atoms with Gasteiger partial charge in [-0.05, 0) is 31.5 Å². The van der Waals surface area contributed by atoms with Gasteiger partial charge in [0.2, 0.25) is 0 Å². The summed E-state index contributed by atoms with van der Waals surface area (Å²) in [4.78, 5) is 2.51. The number of benzene rings is 2. The van der Waals surface area contributed by atoms with Gasteiger partial charge in [0, 0.05) is 30.6 Å². The molecule has 2 aromatic carbocycles. The van der Waals surface area contributed by atoms with E-state index in [4.69, 9.17) is 5.73 Å². The molecule has 0 spiro atoms. The van der Waals surface area contributed by atoms with Gasteiger partial charge in [0.05, 0.1) is 10.6 Å². The predicted octanol–water partition coefficient (Wildman–Crippen LogP) is 7.10. The maximum atomic E-state index is 13.0. The van der Waals surface area contributed by atoms with Crippen molar-refractivity contribution in [1.82, 2.24) is 0 Å². The molecule has 2 N–H and O–H groups in total. The highest BCUT2D eigenvalue weighted by molar-refractivity contribution is 7.91. The molecular weight excluding hydrogens is 428 g/mol. The molecular formula is C28H46N2O2S. The van der Waals surface area contributed by atoms with Crippen LogP contribution in [0, 0.1) is 0 Å². The van der Waals surface area contributed by atoms with E-state index in [1.807, 2.05) is 49.3 Å². The lowest BCUT2D eigenvalue weighted by atomic mass is 10.0. The summed E-state index contributed by atoms with van der Waals surface area (Å²) in [7, 11) is 0.704. The number of fused-ring (bicyclic) bond motifs is 1. The van der Waals surface area contributed by atoms with Crippen molar-refractivity contribution in [2.24, 2.45) is 5.73 Å². The maximum absolute atomic E-state index is 13.0. The molecule has 186 valence electrons. The van der Waals surface area contributed by atoms with E-state index in [9.17, 15) is 8.42 Å². The molecule has 5 heteroatoms. The Morgan fingerprint density at radius 3 is 1.61 bits per heavy atom. The summed E-state index contributed by atoms with van der Waals surface area (Å²) in [5, 5.41) is 1.83.